The zero-order chi connectivity index (χ0) is 21.5. The first kappa shape index (κ1) is 22.3. The lowest BCUT2D eigenvalue weighted by atomic mass is 10.1. The lowest BCUT2D eigenvalue weighted by Crippen LogP contribution is -2.30. The van der Waals surface area contributed by atoms with Crippen molar-refractivity contribution in [2.75, 3.05) is 13.2 Å². The van der Waals surface area contributed by atoms with Crippen LogP contribution in [0, 0.1) is 0 Å². The number of carbonyl (C=O) groups excluding carboxylic acids is 2. The highest BCUT2D eigenvalue weighted by molar-refractivity contribution is 8.26. The standard InChI is InChI=1S/C22H20ClNO4S2/c1-2-27-20(25)11-12-24-21(26)19(30-22(24)29)13-15-7-4-6-10-18(15)28-14-16-8-3-5-9-17(16)23/h3-10,13H,2,11-12,14H2,1H3/b19-13+. The minimum absolute atomic E-state index is 0.102. The number of hydrogen-bond acceptors (Lipinski definition) is 6. The molecule has 2 aromatic rings. The number of hydrogen-bond donors (Lipinski definition) is 0. The summed E-state index contributed by atoms with van der Waals surface area (Å²) in [6.07, 6.45) is 1.86. The van der Waals surface area contributed by atoms with Crippen molar-refractivity contribution < 1.29 is 19.1 Å². The van der Waals surface area contributed by atoms with Crippen LogP contribution in [0.15, 0.2) is 53.4 Å². The molecule has 1 heterocycles. The van der Waals surface area contributed by atoms with Crippen LogP contribution in [-0.4, -0.2) is 34.2 Å². The third kappa shape index (κ3) is 5.62. The Morgan fingerprint density at radius 2 is 1.93 bits per heavy atom. The van der Waals surface area contributed by atoms with Crippen LogP contribution in [-0.2, 0) is 20.9 Å². The van der Waals surface area contributed by atoms with Crippen LogP contribution >= 0.6 is 35.6 Å². The van der Waals surface area contributed by atoms with E-state index in [0.717, 1.165) is 11.1 Å². The number of thiocarbonyl (C=S) groups is 1. The Morgan fingerprint density at radius 3 is 2.70 bits per heavy atom. The Bertz CT molecular complexity index is 993. The van der Waals surface area contributed by atoms with E-state index in [4.69, 9.17) is 33.3 Å². The van der Waals surface area contributed by atoms with E-state index in [9.17, 15) is 9.59 Å². The molecule has 0 spiro atoms. The zero-order valence-corrected chi connectivity index (χ0v) is 18.7. The fourth-order valence-electron chi connectivity index (χ4n) is 2.77. The second-order valence-electron chi connectivity index (χ2n) is 6.31. The Morgan fingerprint density at radius 1 is 1.20 bits per heavy atom. The molecule has 8 heteroatoms. The fourth-order valence-corrected chi connectivity index (χ4v) is 4.26. The van der Waals surface area contributed by atoms with Crippen LogP contribution in [0.3, 0.4) is 0 Å². The number of para-hydroxylation sites is 1. The molecule has 3 rings (SSSR count). The maximum atomic E-state index is 12.8. The van der Waals surface area contributed by atoms with E-state index in [0.29, 0.717) is 33.2 Å². The summed E-state index contributed by atoms with van der Waals surface area (Å²) >= 11 is 12.7. The van der Waals surface area contributed by atoms with Gasteiger partial charge in [-0.05, 0) is 25.1 Å². The number of rotatable bonds is 8. The monoisotopic (exact) mass is 461 g/mol. The van der Waals surface area contributed by atoms with Gasteiger partial charge in [0.25, 0.3) is 5.91 Å². The SMILES string of the molecule is CCOC(=O)CCN1C(=O)/C(=C\c2ccccc2OCc2ccccc2Cl)SC1=S. The van der Waals surface area contributed by atoms with E-state index >= 15 is 0 Å². The van der Waals surface area contributed by atoms with Gasteiger partial charge in [0.05, 0.1) is 17.9 Å². The van der Waals surface area contributed by atoms with Crippen molar-refractivity contribution in [1.29, 1.82) is 0 Å². The Labute approximate surface area is 190 Å². The Hall–Kier alpha value is -2.35. The summed E-state index contributed by atoms with van der Waals surface area (Å²) in [5, 5.41) is 0.637. The first-order valence-corrected chi connectivity index (χ1v) is 11.0. The molecule has 0 radical (unpaired) electrons. The molecular weight excluding hydrogens is 442 g/mol. The summed E-state index contributed by atoms with van der Waals surface area (Å²) in [4.78, 5) is 26.3. The van der Waals surface area contributed by atoms with Gasteiger partial charge in [0.15, 0.2) is 0 Å². The Kier molecular flexibility index (Phi) is 7.90. The van der Waals surface area contributed by atoms with Gasteiger partial charge >= 0.3 is 5.97 Å². The second kappa shape index (κ2) is 10.6. The maximum Gasteiger partial charge on any atom is 0.307 e. The van der Waals surface area contributed by atoms with Crippen LogP contribution in [0.5, 0.6) is 5.75 Å². The highest BCUT2D eigenvalue weighted by atomic mass is 35.5. The molecule has 0 N–H and O–H groups in total. The van der Waals surface area contributed by atoms with Crippen molar-refractivity contribution >= 4 is 57.9 Å². The molecule has 2 aromatic carbocycles. The van der Waals surface area contributed by atoms with Crippen LogP contribution in [0.4, 0.5) is 0 Å². The maximum absolute atomic E-state index is 12.8. The number of benzene rings is 2. The molecule has 30 heavy (non-hydrogen) atoms. The van der Waals surface area contributed by atoms with Crippen LogP contribution in [0.2, 0.25) is 5.02 Å². The molecule has 0 aromatic heterocycles. The molecule has 0 aliphatic carbocycles. The highest BCUT2D eigenvalue weighted by Gasteiger charge is 2.32. The summed E-state index contributed by atoms with van der Waals surface area (Å²) < 4.78 is 11.3. The van der Waals surface area contributed by atoms with Gasteiger partial charge in [-0.15, -0.1) is 0 Å². The van der Waals surface area contributed by atoms with Gasteiger partial charge in [0.1, 0.15) is 16.7 Å². The number of carbonyl (C=O) groups is 2. The van der Waals surface area contributed by atoms with Crippen molar-refractivity contribution in [2.45, 2.75) is 20.0 Å². The van der Waals surface area contributed by atoms with Gasteiger partial charge in [0, 0.05) is 22.7 Å². The predicted octanol–water partition coefficient (Wildman–Crippen LogP) is 5.07. The number of nitrogens with zero attached hydrogens (tertiary/aromatic N) is 1. The Balaban J connectivity index is 1.72. The van der Waals surface area contributed by atoms with Crippen molar-refractivity contribution in [3.63, 3.8) is 0 Å². The third-order valence-corrected chi connectivity index (χ3v) is 6.01. The fraction of sp³-hybridized carbons (Fsp3) is 0.227. The molecule has 1 aliphatic heterocycles. The molecule has 5 nitrogen and oxygen atoms in total. The summed E-state index contributed by atoms with van der Waals surface area (Å²) in [6, 6.07) is 14.9. The first-order valence-electron chi connectivity index (χ1n) is 9.35. The van der Waals surface area contributed by atoms with E-state index in [1.54, 1.807) is 13.0 Å². The molecule has 0 unspecified atom stereocenters. The molecule has 1 saturated heterocycles. The summed E-state index contributed by atoms with van der Waals surface area (Å²) in [7, 11) is 0. The normalized spacial score (nSPS) is 15.0. The second-order valence-corrected chi connectivity index (χ2v) is 8.39. The van der Waals surface area contributed by atoms with Crippen LogP contribution in [0.25, 0.3) is 6.08 Å². The van der Waals surface area contributed by atoms with Gasteiger partial charge in [-0.3, -0.25) is 14.5 Å². The van der Waals surface area contributed by atoms with E-state index in [1.165, 1.54) is 16.7 Å². The average molecular weight is 462 g/mol. The summed E-state index contributed by atoms with van der Waals surface area (Å²) in [5.74, 6) is 0.0539. The molecule has 0 bridgehead atoms. The number of halogens is 1. The molecule has 1 amide bonds. The number of esters is 1. The predicted molar refractivity (Wildman–Crippen MR) is 123 cm³/mol. The van der Waals surface area contributed by atoms with E-state index in [1.807, 2.05) is 48.5 Å². The topological polar surface area (TPSA) is 55.8 Å². The number of ether oxygens (including phenoxy) is 2. The number of thioether (sulfide) groups is 1. The zero-order valence-electron chi connectivity index (χ0n) is 16.3. The van der Waals surface area contributed by atoms with Gasteiger partial charge in [0.2, 0.25) is 0 Å². The van der Waals surface area contributed by atoms with E-state index < -0.39 is 0 Å². The molecule has 1 fully saturated rings. The van der Waals surface area contributed by atoms with Gasteiger partial charge in [-0.2, -0.15) is 0 Å². The smallest absolute Gasteiger partial charge is 0.307 e. The van der Waals surface area contributed by atoms with Gasteiger partial charge < -0.3 is 9.47 Å². The van der Waals surface area contributed by atoms with Gasteiger partial charge in [-0.1, -0.05) is 72.0 Å². The first-order chi connectivity index (χ1) is 14.5. The van der Waals surface area contributed by atoms with Crippen molar-refractivity contribution in [3.8, 4) is 5.75 Å². The number of amides is 1. The highest BCUT2D eigenvalue weighted by Crippen LogP contribution is 2.34. The van der Waals surface area contributed by atoms with Crippen molar-refractivity contribution in [2.24, 2.45) is 0 Å². The van der Waals surface area contributed by atoms with Crippen molar-refractivity contribution in [3.05, 3.63) is 69.6 Å². The lowest BCUT2D eigenvalue weighted by molar-refractivity contribution is -0.143. The van der Waals surface area contributed by atoms with Crippen molar-refractivity contribution in [1.82, 2.24) is 4.90 Å². The van der Waals surface area contributed by atoms with Crippen LogP contribution in [0.1, 0.15) is 24.5 Å². The molecule has 0 atom stereocenters. The van der Waals surface area contributed by atoms with Gasteiger partial charge in [-0.25, -0.2) is 0 Å². The van der Waals surface area contributed by atoms with Crippen LogP contribution < -0.4 is 4.74 Å². The average Bonchev–Trinajstić information content (AvgIpc) is 2.99. The third-order valence-electron chi connectivity index (χ3n) is 4.27. The van der Waals surface area contributed by atoms with E-state index in [-0.39, 0.29) is 24.8 Å². The molecule has 1 aliphatic rings. The minimum Gasteiger partial charge on any atom is -0.488 e. The molecule has 156 valence electrons. The lowest BCUT2D eigenvalue weighted by Gasteiger charge is -2.13. The largest absolute Gasteiger partial charge is 0.488 e. The van der Waals surface area contributed by atoms with E-state index in [2.05, 4.69) is 0 Å². The minimum atomic E-state index is -0.353. The molecule has 0 saturated carbocycles. The molecular formula is C22H20ClNO4S2. The quantitative estimate of drug-likeness (QED) is 0.310. The summed E-state index contributed by atoms with van der Waals surface area (Å²) in [5.41, 5.74) is 1.63. The summed E-state index contributed by atoms with van der Waals surface area (Å²) in [6.45, 7) is 2.56.